The van der Waals surface area contributed by atoms with Crippen LogP contribution in [0.15, 0.2) is 42.5 Å². The Morgan fingerprint density at radius 1 is 1.03 bits per heavy atom. The van der Waals surface area contributed by atoms with E-state index in [2.05, 4.69) is 28.8 Å². The summed E-state index contributed by atoms with van der Waals surface area (Å²) in [6.07, 6.45) is 1.05. The van der Waals surface area contributed by atoms with E-state index >= 15 is 0 Å². The minimum atomic E-state index is -3.43. The van der Waals surface area contributed by atoms with Crippen LogP contribution in [0.1, 0.15) is 24.2 Å². The molecular weight excluding hydrogens is 406 g/mol. The maximum absolute atomic E-state index is 12.6. The Bertz CT molecular complexity index is 959. The largest absolute Gasteiger partial charge is 0.493 e. The van der Waals surface area contributed by atoms with Crippen molar-refractivity contribution < 1.29 is 22.7 Å². The van der Waals surface area contributed by atoms with Gasteiger partial charge in [0.15, 0.2) is 11.5 Å². The molecule has 8 nitrogen and oxygen atoms in total. The molecule has 0 aliphatic carbocycles. The van der Waals surface area contributed by atoms with E-state index in [0.717, 1.165) is 25.9 Å². The summed E-state index contributed by atoms with van der Waals surface area (Å²) >= 11 is 0. The fourth-order valence-electron chi connectivity index (χ4n) is 2.83. The van der Waals surface area contributed by atoms with E-state index in [1.54, 1.807) is 43.5 Å². The highest BCUT2D eigenvalue weighted by Gasteiger charge is 2.12. The highest BCUT2D eigenvalue weighted by molar-refractivity contribution is 7.92. The molecule has 164 valence electrons. The van der Waals surface area contributed by atoms with Crippen LogP contribution in [0.25, 0.3) is 0 Å². The third kappa shape index (κ3) is 7.23. The van der Waals surface area contributed by atoms with Gasteiger partial charge < -0.3 is 19.7 Å². The Morgan fingerprint density at radius 2 is 1.77 bits per heavy atom. The van der Waals surface area contributed by atoms with Crippen LogP contribution in [-0.4, -0.2) is 58.8 Å². The van der Waals surface area contributed by atoms with Crippen molar-refractivity contribution in [2.24, 2.45) is 0 Å². The van der Waals surface area contributed by atoms with Crippen molar-refractivity contribution in [3.63, 3.8) is 0 Å². The van der Waals surface area contributed by atoms with Gasteiger partial charge in [0.05, 0.1) is 13.4 Å². The van der Waals surface area contributed by atoms with Crippen LogP contribution in [0.4, 0.5) is 11.4 Å². The van der Waals surface area contributed by atoms with Crippen LogP contribution >= 0.6 is 0 Å². The van der Waals surface area contributed by atoms with Crippen LogP contribution in [0, 0.1) is 0 Å². The zero-order valence-electron chi connectivity index (χ0n) is 17.8. The molecule has 30 heavy (non-hydrogen) atoms. The SMILES string of the molecule is CCN(CC)CCOc1cc(NC(=O)c2cccc(NS(C)(=O)=O)c2)ccc1OC. The molecule has 9 heteroatoms. The Balaban J connectivity index is 2.10. The average Bonchev–Trinajstić information content (AvgIpc) is 2.70. The highest BCUT2D eigenvalue weighted by atomic mass is 32.2. The molecule has 0 aliphatic rings. The number of ether oxygens (including phenoxy) is 2. The van der Waals surface area contributed by atoms with Crippen molar-refractivity contribution >= 4 is 27.3 Å². The van der Waals surface area contributed by atoms with Crippen LogP contribution in [-0.2, 0) is 10.0 Å². The molecule has 0 aromatic heterocycles. The minimum Gasteiger partial charge on any atom is -0.493 e. The zero-order chi connectivity index (χ0) is 22.1. The molecule has 0 heterocycles. The molecule has 0 spiro atoms. The average molecular weight is 436 g/mol. The third-order valence-electron chi connectivity index (χ3n) is 4.41. The lowest BCUT2D eigenvalue weighted by Crippen LogP contribution is -2.28. The van der Waals surface area contributed by atoms with Crippen LogP contribution in [0.2, 0.25) is 0 Å². The molecule has 0 saturated heterocycles. The summed E-state index contributed by atoms with van der Waals surface area (Å²) in [5, 5.41) is 2.80. The number of carbonyl (C=O) groups is 1. The molecule has 0 aliphatic heterocycles. The van der Waals surface area contributed by atoms with Gasteiger partial charge in [0.25, 0.3) is 5.91 Å². The first-order chi connectivity index (χ1) is 14.3. The maximum Gasteiger partial charge on any atom is 0.255 e. The lowest BCUT2D eigenvalue weighted by Gasteiger charge is -2.19. The summed E-state index contributed by atoms with van der Waals surface area (Å²) in [5.41, 5.74) is 1.18. The number of sulfonamides is 1. The summed E-state index contributed by atoms with van der Waals surface area (Å²) in [4.78, 5) is 14.9. The van der Waals surface area contributed by atoms with Gasteiger partial charge in [-0.3, -0.25) is 9.52 Å². The topological polar surface area (TPSA) is 97.0 Å². The number of benzene rings is 2. The van der Waals surface area contributed by atoms with Gasteiger partial charge in [-0.2, -0.15) is 0 Å². The van der Waals surface area contributed by atoms with Gasteiger partial charge in [-0.05, 0) is 43.4 Å². The summed E-state index contributed by atoms with van der Waals surface area (Å²) in [6.45, 7) is 7.36. The fourth-order valence-corrected chi connectivity index (χ4v) is 3.39. The Kier molecular flexibility index (Phi) is 8.49. The second kappa shape index (κ2) is 10.8. The number of likely N-dealkylation sites (N-methyl/N-ethyl adjacent to an activating group) is 1. The number of methoxy groups -OCH3 is 1. The van der Waals surface area contributed by atoms with E-state index < -0.39 is 10.0 Å². The molecule has 2 N–H and O–H groups in total. The quantitative estimate of drug-likeness (QED) is 0.563. The van der Waals surface area contributed by atoms with E-state index in [4.69, 9.17) is 9.47 Å². The zero-order valence-corrected chi connectivity index (χ0v) is 18.6. The molecule has 0 saturated carbocycles. The number of carbonyl (C=O) groups excluding carboxylic acids is 1. The molecular formula is C21H29N3O5S. The molecule has 2 rings (SSSR count). The van der Waals surface area contributed by atoms with Crippen molar-refractivity contribution in [2.45, 2.75) is 13.8 Å². The van der Waals surface area contributed by atoms with E-state index in [0.29, 0.717) is 35.0 Å². The normalized spacial score (nSPS) is 11.2. The predicted octanol–water partition coefficient (Wildman–Crippen LogP) is 3.04. The molecule has 2 aromatic carbocycles. The third-order valence-corrected chi connectivity index (χ3v) is 5.02. The summed E-state index contributed by atoms with van der Waals surface area (Å²) in [5.74, 6) is 0.744. The number of anilines is 2. The molecule has 0 fully saturated rings. The van der Waals surface area contributed by atoms with Crippen molar-refractivity contribution in [2.75, 3.05) is 49.6 Å². The number of hydrogen-bond acceptors (Lipinski definition) is 6. The smallest absolute Gasteiger partial charge is 0.255 e. The summed E-state index contributed by atoms with van der Waals surface area (Å²) in [7, 11) is -1.87. The lowest BCUT2D eigenvalue weighted by atomic mass is 10.2. The molecule has 1 amide bonds. The first-order valence-electron chi connectivity index (χ1n) is 9.68. The monoisotopic (exact) mass is 435 g/mol. The van der Waals surface area contributed by atoms with E-state index in [-0.39, 0.29) is 5.91 Å². The van der Waals surface area contributed by atoms with Crippen LogP contribution < -0.4 is 19.5 Å². The number of hydrogen-bond donors (Lipinski definition) is 2. The van der Waals surface area contributed by atoms with Gasteiger partial charge in [0, 0.05) is 29.5 Å². The summed E-state index contributed by atoms with van der Waals surface area (Å²) < 4.78 is 36.4. The highest BCUT2D eigenvalue weighted by Crippen LogP contribution is 2.30. The predicted molar refractivity (Wildman–Crippen MR) is 119 cm³/mol. The van der Waals surface area contributed by atoms with Crippen molar-refractivity contribution in [1.29, 1.82) is 0 Å². The van der Waals surface area contributed by atoms with Crippen molar-refractivity contribution in [3.8, 4) is 11.5 Å². The second-order valence-electron chi connectivity index (χ2n) is 6.65. The van der Waals surface area contributed by atoms with E-state index in [1.165, 1.54) is 6.07 Å². The second-order valence-corrected chi connectivity index (χ2v) is 8.40. The minimum absolute atomic E-state index is 0.320. The maximum atomic E-state index is 12.6. The number of nitrogens with one attached hydrogen (secondary N) is 2. The lowest BCUT2D eigenvalue weighted by molar-refractivity contribution is 0.102. The Labute approximate surface area is 178 Å². The Morgan fingerprint density at radius 3 is 2.40 bits per heavy atom. The number of rotatable bonds is 11. The summed E-state index contributed by atoms with van der Waals surface area (Å²) in [6, 6.07) is 11.4. The van der Waals surface area contributed by atoms with Crippen molar-refractivity contribution in [1.82, 2.24) is 4.90 Å². The Hall–Kier alpha value is -2.78. The van der Waals surface area contributed by atoms with Crippen LogP contribution in [0.3, 0.4) is 0 Å². The fraction of sp³-hybridized carbons (Fsp3) is 0.381. The van der Waals surface area contributed by atoms with Crippen LogP contribution in [0.5, 0.6) is 11.5 Å². The molecule has 2 aromatic rings. The molecule has 0 bridgehead atoms. The first kappa shape index (κ1) is 23.5. The van der Waals surface area contributed by atoms with Gasteiger partial charge >= 0.3 is 0 Å². The standard InChI is InChI=1S/C21H29N3O5S/c1-5-24(6-2)12-13-29-20-15-17(10-11-19(20)28-3)22-21(25)16-8-7-9-18(14-16)23-30(4,26)27/h7-11,14-15,23H,5-6,12-13H2,1-4H3,(H,22,25). The molecule has 0 radical (unpaired) electrons. The molecule has 0 atom stereocenters. The van der Waals surface area contributed by atoms with E-state index in [1.807, 2.05) is 0 Å². The van der Waals surface area contributed by atoms with Crippen molar-refractivity contribution in [3.05, 3.63) is 48.0 Å². The van der Waals surface area contributed by atoms with Gasteiger partial charge in [0.2, 0.25) is 10.0 Å². The number of amides is 1. The van der Waals surface area contributed by atoms with Gasteiger partial charge in [-0.1, -0.05) is 19.9 Å². The molecule has 0 unspecified atom stereocenters. The van der Waals surface area contributed by atoms with E-state index in [9.17, 15) is 13.2 Å². The number of nitrogens with zero attached hydrogens (tertiary/aromatic N) is 1. The van der Waals surface area contributed by atoms with Gasteiger partial charge in [0.1, 0.15) is 6.61 Å². The van der Waals surface area contributed by atoms with Gasteiger partial charge in [-0.15, -0.1) is 0 Å². The first-order valence-corrected chi connectivity index (χ1v) is 11.6. The van der Waals surface area contributed by atoms with Gasteiger partial charge in [-0.25, -0.2) is 8.42 Å².